The second-order valence-corrected chi connectivity index (χ2v) is 5.50. The molecule has 102 valence electrons. The molecule has 0 spiro atoms. The molecule has 1 amide bonds. The zero-order valence-electron chi connectivity index (χ0n) is 11.7. The molecule has 6 nitrogen and oxygen atoms in total. The molecular weight excluding hydrogens is 242 g/mol. The Bertz CT molecular complexity index is 624. The van der Waals surface area contributed by atoms with Crippen LogP contribution in [0.3, 0.4) is 0 Å². The summed E-state index contributed by atoms with van der Waals surface area (Å²) < 4.78 is 1.66. The Kier molecular flexibility index (Phi) is 3.28. The molecule has 0 radical (unpaired) electrons. The summed E-state index contributed by atoms with van der Waals surface area (Å²) in [7, 11) is 0. The topological polar surface area (TPSA) is 85.3 Å². The molecule has 0 saturated carbocycles. The Hall–Kier alpha value is -1.95. The van der Waals surface area contributed by atoms with Gasteiger partial charge < -0.3 is 11.1 Å². The highest BCUT2D eigenvalue weighted by atomic mass is 16.1. The molecule has 0 aliphatic heterocycles. The Balaban J connectivity index is 2.33. The first-order valence-electron chi connectivity index (χ1n) is 6.17. The van der Waals surface area contributed by atoms with Crippen LogP contribution in [0.4, 0.5) is 0 Å². The van der Waals surface area contributed by atoms with Crippen molar-refractivity contribution in [2.24, 2.45) is 5.73 Å². The number of amides is 1. The van der Waals surface area contributed by atoms with Crippen LogP contribution in [0.15, 0.2) is 12.3 Å². The summed E-state index contributed by atoms with van der Waals surface area (Å²) in [6.45, 7) is 7.93. The average molecular weight is 261 g/mol. The van der Waals surface area contributed by atoms with Gasteiger partial charge in [0.1, 0.15) is 5.56 Å². The third kappa shape index (κ3) is 2.90. The highest BCUT2D eigenvalue weighted by molar-refractivity contribution is 5.99. The van der Waals surface area contributed by atoms with E-state index in [1.165, 1.54) is 6.20 Å². The smallest absolute Gasteiger partial charge is 0.256 e. The maximum atomic E-state index is 12.1. The van der Waals surface area contributed by atoms with E-state index in [0.29, 0.717) is 17.8 Å². The van der Waals surface area contributed by atoms with E-state index in [1.807, 2.05) is 33.8 Å². The number of carbonyl (C=O) groups excluding carboxylic acids is 1. The van der Waals surface area contributed by atoms with Gasteiger partial charge in [0.25, 0.3) is 5.91 Å². The fraction of sp³-hybridized carbons (Fsp3) is 0.462. The first-order valence-corrected chi connectivity index (χ1v) is 6.17. The van der Waals surface area contributed by atoms with Gasteiger partial charge in [-0.1, -0.05) is 0 Å². The van der Waals surface area contributed by atoms with Gasteiger partial charge in [0.05, 0.1) is 6.20 Å². The molecule has 6 heteroatoms. The minimum absolute atomic E-state index is 0.203. The number of nitrogens with zero attached hydrogens (tertiary/aromatic N) is 3. The SMILES string of the molecule is Cc1cc(C)n2ncc(C(=O)NCC(C)(C)N)c2n1. The summed E-state index contributed by atoms with van der Waals surface area (Å²) in [5.41, 5.74) is 8.25. The quantitative estimate of drug-likeness (QED) is 0.856. The first kappa shape index (κ1) is 13.5. The van der Waals surface area contributed by atoms with Crippen LogP contribution >= 0.6 is 0 Å². The van der Waals surface area contributed by atoms with Gasteiger partial charge in [-0.25, -0.2) is 9.50 Å². The largest absolute Gasteiger partial charge is 0.350 e. The normalized spacial score (nSPS) is 11.8. The summed E-state index contributed by atoms with van der Waals surface area (Å²) in [5, 5.41) is 6.99. The van der Waals surface area contributed by atoms with Crippen molar-refractivity contribution in [1.29, 1.82) is 0 Å². The van der Waals surface area contributed by atoms with Gasteiger partial charge in [-0.3, -0.25) is 4.79 Å². The number of aryl methyl sites for hydroxylation is 2. The highest BCUT2D eigenvalue weighted by Crippen LogP contribution is 2.11. The molecule has 2 aromatic heterocycles. The summed E-state index contributed by atoms with van der Waals surface area (Å²) >= 11 is 0. The highest BCUT2D eigenvalue weighted by Gasteiger charge is 2.18. The van der Waals surface area contributed by atoms with Gasteiger partial charge in [-0.05, 0) is 33.8 Å². The molecule has 0 unspecified atom stereocenters. The number of aromatic nitrogens is 3. The predicted octanol–water partition coefficient (Wildman–Crippen LogP) is 0.813. The van der Waals surface area contributed by atoms with E-state index < -0.39 is 5.54 Å². The third-order valence-corrected chi connectivity index (χ3v) is 2.73. The molecule has 0 aliphatic rings. The van der Waals surface area contributed by atoms with Crippen molar-refractivity contribution in [2.45, 2.75) is 33.2 Å². The minimum atomic E-state index is -0.447. The lowest BCUT2D eigenvalue weighted by atomic mass is 10.1. The molecule has 0 saturated heterocycles. The lowest BCUT2D eigenvalue weighted by Crippen LogP contribution is -2.45. The Morgan fingerprint density at radius 2 is 2.16 bits per heavy atom. The van der Waals surface area contributed by atoms with E-state index in [1.54, 1.807) is 4.52 Å². The fourth-order valence-electron chi connectivity index (χ4n) is 1.83. The van der Waals surface area contributed by atoms with Crippen molar-refractivity contribution >= 4 is 11.6 Å². The summed E-state index contributed by atoms with van der Waals surface area (Å²) in [6, 6.07) is 1.92. The lowest BCUT2D eigenvalue weighted by molar-refractivity contribution is 0.0947. The van der Waals surface area contributed by atoms with Crippen LogP contribution in [-0.2, 0) is 0 Å². The maximum absolute atomic E-state index is 12.1. The number of hydrogen-bond acceptors (Lipinski definition) is 4. The van der Waals surface area contributed by atoms with Gasteiger partial charge in [0, 0.05) is 23.5 Å². The standard InChI is InChI=1S/C13H19N5O/c1-8-5-9(2)18-11(17-8)10(6-16-18)12(19)15-7-13(3,4)14/h5-6H,7,14H2,1-4H3,(H,15,19). The van der Waals surface area contributed by atoms with Crippen molar-refractivity contribution in [3.8, 4) is 0 Å². The molecule has 0 aromatic carbocycles. The second kappa shape index (κ2) is 4.62. The number of nitrogens with two attached hydrogens (primary N) is 1. The maximum Gasteiger partial charge on any atom is 0.256 e. The van der Waals surface area contributed by atoms with E-state index >= 15 is 0 Å². The van der Waals surface area contributed by atoms with Gasteiger partial charge in [0.15, 0.2) is 5.65 Å². The Labute approximate surface area is 112 Å². The predicted molar refractivity (Wildman–Crippen MR) is 73.1 cm³/mol. The molecule has 3 N–H and O–H groups in total. The monoisotopic (exact) mass is 261 g/mol. The van der Waals surface area contributed by atoms with Crippen LogP contribution in [0.2, 0.25) is 0 Å². The van der Waals surface area contributed by atoms with Crippen LogP contribution in [0.25, 0.3) is 5.65 Å². The van der Waals surface area contributed by atoms with Gasteiger partial charge in [-0.15, -0.1) is 0 Å². The van der Waals surface area contributed by atoms with E-state index in [-0.39, 0.29) is 5.91 Å². The number of hydrogen-bond donors (Lipinski definition) is 2. The Morgan fingerprint density at radius 3 is 2.79 bits per heavy atom. The summed E-state index contributed by atoms with van der Waals surface area (Å²) in [5.74, 6) is -0.203. The second-order valence-electron chi connectivity index (χ2n) is 5.50. The molecule has 19 heavy (non-hydrogen) atoms. The van der Waals surface area contributed by atoms with E-state index in [0.717, 1.165) is 11.4 Å². The van der Waals surface area contributed by atoms with Crippen molar-refractivity contribution in [1.82, 2.24) is 19.9 Å². The van der Waals surface area contributed by atoms with Gasteiger partial charge >= 0.3 is 0 Å². The number of nitrogens with one attached hydrogen (secondary N) is 1. The Morgan fingerprint density at radius 1 is 1.47 bits per heavy atom. The van der Waals surface area contributed by atoms with E-state index in [9.17, 15) is 4.79 Å². The van der Waals surface area contributed by atoms with Crippen molar-refractivity contribution in [3.05, 3.63) is 29.2 Å². The molecule has 0 fully saturated rings. The molecule has 0 bridgehead atoms. The number of carbonyl (C=O) groups is 1. The van der Waals surface area contributed by atoms with Crippen molar-refractivity contribution in [2.75, 3.05) is 6.54 Å². The van der Waals surface area contributed by atoms with Gasteiger partial charge in [-0.2, -0.15) is 5.10 Å². The minimum Gasteiger partial charge on any atom is -0.350 e. The van der Waals surface area contributed by atoms with Crippen molar-refractivity contribution < 1.29 is 4.79 Å². The first-order chi connectivity index (χ1) is 8.78. The number of rotatable bonds is 3. The lowest BCUT2D eigenvalue weighted by Gasteiger charge is -2.18. The van der Waals surface area contributed by atoms with Crippen LogP contribution < -0.4 is 11.1 Å². The molecular formula is C13H19N5O. The summed E-state index contributed by atoms with van der Waals surface area (Å²) in [6.07, 6.45) is 1.54. The molecule has 2 heterocycles. The molecule has 0 aliphatic carbocycles. The molecule has 2 aromatic rings. The van der Waals surface area contributed by atoms with Crippen LogP contribution in [-0.4, -0.2) is 32.6 Å². The van der Waals surface area contributed by atoms with E-state index in [2.05, 4.69) is 15.4 Å². The van der Waals surface area contributed by atoms with E-state index in [4.69, 9.17) is 5.73 Å². The van der Waals surface area contributed by atoms with Crippen LogP contribution in [0.1, 0.15) is 35.6 Å². The average Bonchev–Trinajstić information content (AvgIpc) is 2.68. The fourth-order valence-corrected chi connectivity index (χ4v) is 1.83. The van der Waals surface area contributed by atoms with Gasteiger partial charge in [0.2, 0.25) is 0 Å². The van der Waals surface area contributed by atoms with Crippen molar-refractivity contribution in [3.63, 3.8) is 0 Å². The third-order valence-electron chi connectivity index (χ3n) is 2.73. The molecule has 2 rings (SSSR count). The number of fused-ring (bicyclic) bond motifs is 1. The van der Waals surface area contributed by atoms with Crippen LogP contribution in [0, 0.1) is 13.8 Å². The molecule has 0 atom stereocenters. The van der Waals surface area contributed by atoms with Crippen LogP contribution in [0.5, 0.6) is 0 Å². The zero-order valence-corrected chi connectivity index (χ0v) is 11.7. The zero-order chi connectivity index (χ0) is 14.2. The summed E-state index contributed by atoms with van der Waals surface area (Å²) in [4.78, 5) is 16.5.